The largest absolute Gasteiger partial charge is 0.330 e. The average Bonchev–Trinajstić information content (AvgIpc) is 2.99. The predicted molar refractivity (Wildman–Crippen MR) is 94.7 cm³/mol. The molecule has 0 aliphatic carbocycles. The summed E-state index contributed by atoms with van der Waals surface area (Å²) >= 11 is 0. The van der Waals surface area contributed by atoms with Crippen LogP contribution in [0.25, 0.3) is 11.1 Å². The zero-order valence-corrected chi connectivity index (χ0v) is 13.8. The highest BCUT2D eigenvalue weighted by Gasteiger charge is 2.42. The van der Waals surface area contributed by atoms with Gasteiger partial charge in [-0.25, -0.2) is 0 Å². The molecule has 3 nitrogen and oxygen atoms in total. The van der Waals surface area contributed by atoms with Gasteiger partial charge in [0.15, 0.2) is 0 Å². The fourth-order valence-electron chi connectivity index (χ4n) is 4.69. The molecule has 0 radical (unpaired) electrons. The monoisotopic (exact) mass is 318 g/mol. The third-order valence-corrected chi connectivity index (χ3v) is 6.07. The minimum absolute atomic E-state index is 0.238. The second kappa shape index (κ2) is 5.45. The van der Waals surface area contributed by atoms with E-state index >= 15 is 0 Å². The molecule has 6 rings (SSSR count). The van der Waals surface area contributed by atoms with Gasteiger partial charge in [-0.3, -0.25) is 4.79 Å². The molecule has 3 heteroatoms. The maximum Gasteiger partial charge on any atom is 0.254 e. The zero-order valence-electron chi connectivity index (χ0n) is 13.8. The molecular weight excluding hydrogens is 296 g/mol. The number of nitrogens with zero attached hydrogens (tertiary/aromatic N) is 2. The zero-order chi connectivity index (χ0) is 16.1. The molecule has 0 aromatic heterocycles. The Balaban J connectivity index is 1.45. The number of rotatable bonds is 2. The minimum Gasteiger partial charge on any atom is -0.330 e. The number of amides is 1. The SMILES string of the molecule is O=C1c2cc(-c3ccccc3)ccc2CN1[C@H]1CN2CCC1CC2. The van der Waals surface area contributed by atoms with Crippen LogP contribution in [0.3, 0.4) is 0 Å². The molecule has 0 N–H and O–H groups in total. The fourth-order valence-corrected chi connectivity index (χ4v) is 4.69. The first-order valence-electron chi connectivity index (χ1n) is 9.01. The van der Waals surface area contributed by atoms with Gasteiger partial charge >= 0.3 is 0 Å². The smallest absolute Gasteiger partial charge is 0.254 e. The number of benzene rings is 2. The van der Waals surface area contributed by atoms with Gasteiger partial charge in [0.2, 0.25) is 0 Å². The highest BCUT2D eigenvalue weighted by Crippen LogP contribution is 2.36. The average molecular weight is 318 g/mol. The summed E-state index contributed by atoms with van der Waals surface area (Å²) in [7, 11) is 0. The van der Waals surface area contributed by atoms with Crippen molar-refractivity contribution in [2.75, 3.05) is 19.6 Å². The number of carbonyl (C=O) groups excluding carboxylic acids is 1. The molecule has 4 aliphatic heterocycles. The maximum absolute atomic E-state index is 13.1. The van der Waals surface area contributed by atoms with Crippen LogP contribution in [0.1, 0.15) is 28.8 Å². The van der Waals surface area contributed by atoms with E-state index in [1.807, 2.05) is 18.2 Å². The molecule has 1 amide bonds. The van der Waals surface area contributed by atoms with Crippen molar-refractivity contribution in [3.63, 3.8) is 0 Å². The molecule has 4 aliphatic rings. The Morgan fingerprint density at radius 1 is 0.917 bits per heavy atom. The molecule has 2 aromatic carbocycles. The Morgan fingerprint density at radius 2 is 1.71 bits per heavy atom. The van der Waals surface area contributed by atoms with Crippen LogP contribution in [0.2, 0.25) is 0 Å². The molecule has 2 aromatic rings. The van der Waals surface area contributed by atoms with Gasteiger partial charge in [-0.1, -0.05) is 42.5 Å². The Morgan fingerprint density at radius 3 is 2.42 bits per heavy atom. The summed E-state index contributed by atoms with van der Waals surface area (Å²) < 4.78 is 0. The predicted octanol–water partition coefficient (Wildman–Crippen LogP) is 3.40. The standard InChI is InChI=1S/C21H22N2O/c24-21-19-12-17(15-4-2-1-3-5-15)6-7-18(19)13-23(21)20-14-22-10-8-16(20)9-11-22/h1-7,12,16,20H,8-11,13-14H2/t20-/m0/s1. The normalized spacial score (nSPS) is 28.2. The van der Waals surface area contributed by atoms with E-state index in [1.54, 1.807) is 0 Å². The minimum atomic E-state index is 0.238. The maximum atomic E-state index is 13.1. The van der Waals surface area contributed by atoms with Crippen molar-refractivity contribution in [1.82, 2.24) is 9.80 Å². The quantitative estimate of drug-likeness (QED) is 0.847. The number of piperidine rings is 3. The molecule has 2 bridgehead atoms. The second-order valence-corrected chi connectivity index (χ2v) is 7.38. The summed E-state index contributed by atoms with van der Waals surface area (Å²) in [6.45, 7) is 4.29. The van der Waals surface area contributed by atoms with Crippen LogP contribution in [0.4, 0.5) is 0 Å². The first-order chi connectivity index (χ1) is 11.8. The van der Waals surface area contributed by atoms with E-state index in [1.165, 1.54) is 37.1 Å². The number of carbonyl (C=O) groups is 1. The lowest BCUT2D eigenvalue weighted by Gasteiger charge is -2.48. The summed E-state index contributed by atoms with van der Waals surface area (Å²) in [6, 6.07) is 17.1. The van der Waals surface area contributed by atoms with Crippen LogP contribution in [0, 0.1) is 5.92 Å². The van der Waals surface area contributed by atoms with Gasteiger partial charge in [0.1, 0.15) is 0 Å². The highest BCUT2D eigenvalue weighted by molar-refractivity contribution is 5.99. The first kappa shape index (κ1) is 14.2. The van der Waals surface area contributed by atoms with Crippen LogP contribution in [-0.4, -0.2) is 41.4 Å². The molecule has 3 fully saturated rings. The summed E-state index contributed by atoms with van der Waals surface area (Å²) in [5.41, 5.74) is 4.41. The lowest BCUT2D eigenvalue weighted by atomic mass is 9.83. The van der Waals surface area contributed by atoms with E-state index in [-0.39, 0.29) is 5.91 Å². The van der Waals surface area contributed by atoms with Crippen molar-refractivity contribution < 1.29 is 4.79 Å². The van der Waals surface area contributed by atoms with E-state index < -0.39 is 0 Å². The third kappa shape index (κ3) is 2.19. The molecule has 4 heterocycles. The Labute approximate surface area is 142 Å². The molecule has 0 spiro atoms. The molecule has 0 saturated carbocycles. The van der Waals surface area contributed by atoms with Crippen molar-refractivity contribution in [2.45, 2.75) is 25.4 Å². The van der Waals surface area contributed by atoms with Gasteiger partial charge in [-0.2, -0.15) is 0 Å². The van der Waals surface area contributed by atoms with Gasteiger partial charge in [0.05, 0.1) is 0 Å². The van der Waals surface area contributed by atoms with Crippen molar-refractivity contribution >= 4 is 5.91 Å². The number of hydrogen-bond donors (Lipinski definition) is 0. The highest BCUT2D eigenvalue weighted by atomic mass is 16.2. The van der Waals surface area contributed by atoms with E-state index in [9.17, 15) is 4.79 Å². The van der Waals surface area contributed by atoms with Crippen LogP contribution >= 0.6 is 0 Å². The van der Waals surface area contributed by atoms with E-state index in [4.69, 9.17) is 0 Å². The lowest BCUT2D eigenvalue weighted by molar-refractivity contribution is 0.00846. The van der Waals surface area contributed by atoms with Gasteiger partial charge in [0, 0.05) is 24.7 Å². The number of fused-ring (bicyclic) bond motifs is 4. The van der Waals surface area contributed by atoms with Gasteiger partial charge in [0.25, 0.3) is 5.91 Å². The molecule has 3 saturated heterocycles. The van der Waals surface area contributed by atoms with E-state index in [0.29, 0.717) is 12.0 Å². The van der Waals surface area contributed by atoms with Crippen molar-refractivity contribution in [3.8, 4) is 11.1 Å². The summed E-state index contributed by atoms with van der Waals surface area (Å²) in [4.78, 5) is 17.7. The van der Waals surface area contributed by atoms with Gasteiger partial charge in [-0.15, -0.1) is 0 Å². The second-order valence-electron chi connectivity index (χ2n) is 7.38. The fraction of sp³-hybridized carbons (Fsp3) is 0.381. The van der Waals surface area contributed by atoms with Crippen LogP contribution in [0.15, 0.2) is 48.5 Å². The van der Waals surface area contributed by atoms with Crippen LogP contribution < -0.4 is 0 Å². The molecule has 1 atom stereocenters. The van der Waals surface area contributed by atoms with Crippen LogP contribution in [0.5, 0.6) is 0 Å². The Bertz CT molecular complexity index is 778. The molecular formula is C21H22N2O. The summed E-state index contributed by atoms with van der Waals surface area (Å²) in [6.07, 6.45) is 2.50. The van der Waals surface area contributed by atoms with Crippen LogP contribution in [-0.2, 0) is 6.54 Å². The van der Waals surface area contributed by atoms with Crippen molar-refractivity contribution in [1.29, 1.82) is 0 Å². The summed E-state index contributed by atoms with van der Waals surface area (Å²) in [5.74, 6) is 0.934. The van der Waals surface area contributed by atoms with E-state index in [0.717, 1.165) is 24.2 Å². The van der Waals surface area contributed by atoms with Gasteiger partial charge in [-0.05, 0) is 54.6 Å². The number of hydrogen-bond acceptors (Lipinski definition) is 2. The molecule has 122 valence electrons. The molecule has 0 unspecified atom stereocenters. The van der Waals surface area contributed by atoms with Crippen molar-refractivity contribution in [2.24, 2.45) is 5.92 Å². The first-order valence-corrected chi connectivity index (χ1v) is 9.01. The van der Waals surface area contributed by atoms with Gasteiger partial charge < -0.3 is 9.80 Å². The Kier molecular flexibility index (Phi) is 3.23. The molecule has 24 heavy (non-hydrogen) atoms. The van der Waals surface area contributed by atoms with Crippen molar-refractivity contribution in [3.05, 3.63) is 59.7 Å². The van der Waals surface area contributed by atoms with E-state index in [2.05, 4.69) is 40.1 Å². The topological polar surface area (TPSA) is 23.6 Å². The Hall–Kier alpha value is -2.13. The summed E-state index contributed by atoms with van der Waals surface area (Å²) in [5, 5.41) is 0. The third-order valence-electron chi connectivity index (χ3n) is 6.07. The lowest BCUT2D eigenvalue weighted by Crippen LogP contribution is -2.57.